The third-order valence-electron chi connectivity index (χ3n) is 2.11. The van der Waals surface area contributed by atoms with Crippen LogP contribution in [0.4, 0.5) is 13.2 Å². The number of benzene rings is 1. The Morgan fingerprint density at radius 3 is 2.47 bits per heavy atom. The molecule has 0 bridgehead atoms. The summed E-state index contributed by atoms with van der Waals surface area (Å²) in [5.41, 5.74) is 1.19. The van der Waals surface area contributed by atoms with E-state index in [1.807, 2.05) is 0 Å². The zero-order valence-corrected chi connectivity index (χ0v) is 10.7. The van der Waals surface area contributed by atoms with E-state index in [2.05, 4.69) is 20.7 Å². The van der Waals surface area contributed by atoms with Gasteiger partial charge in [0.15, 0.2) is 0 Å². The first-order valence-corrected chi connectivity index (χ1v) is 5.63. The van der Waals surface area contributed by atoms with Crippen molar-refractivity contribution in [3.63, 3.8) is 0 Å². The molecule has 94 valence electrons. The molecular formula is C11H10BrF3O2. The van der Waals surface area contributed by atoms with Gasteiger partial charge in [-0.15, -0.1) is 13.2 Å². The molecule has 1 rings (SSSR count). The quantitative estimate of drug-likeness (QED) is 0.791. The summed E-state index contributed by atoms with van der Waals surface area (Å²) in [5.74, 6) is -0.513. The predicted molar refractivity (Wildman–Crippen MR) is 60.2 cm³/mol. The maximum Gasteiger partial charge on any atom is 0.573 e. The number of carbonyl (C=O) groups is 1. The van der Waals surface area contributed by atoms with Crippen molar-refractivity contribution >= 4 is 21.7 Å². The molecule has 0 spiro atoms. The van der Waals surface area contributed by atoms with E-state index < -0.39 is 11.2 Å². The number of Topliss-reactive ketones (excluding diaryl/α,β-unsaturated/α-hetero) is 1. The van der Waals surface area contributed by atoms with E-state index in [-0.39, 0.29) is 11.5 Å². The summed E-state index contributed by atoms with van der Waals surface area (Å²) in [6.07, 6.45) is -4.73. The predicted octanol–water partition coefficient (Wildman–Crippen LogP) is 3.92. The first-order valence-electron chi connectivity index (χ1n) is 4.71. The van der Waals surface area contributed by atoms with Crippen LogP contribution < -0.4 is 4.74 Å². The van der Waals surface area contributed by atoms with Gasteiger partial charge in [0, 0.05) is 0 Å². The van der Waals surface area contributed by atoms with E-state index in [9.17, 15) is 18.0 Å². The summed E-state index contributed by atoms with van der Waals surface area (Å²) in [7, 11) is 0. The highest BCUT2D eigenvalue weighted by molar-refractivity contribution is 9.09. The van der Waals surface area contributed by atoms with Gasteiger partial charge in [-0.2, -0.15) is 0 Å². The van der Waals surface area contributed by atoms with Crippen LogP contribution in [0, 0.1) is 6.92 Å². The minimum atomic E-state index is -4.73. The largest absolute Gasteiger partial charge is 0.573 e. The summed E-state index contributed by atoms with van der Waals surface area (Å²) in [6, 6.07) is 3.91. The molecule has 0 aliphatic rings. The van der Waals surface area contributed by atoms with Crippen molar-refractivity contribution < 1.29 is 22.7 Å². The normalized spacial score (nSPS) is 13.3. The number of hydrogen-bond donors (Lipinski definition) is 0. The van der Waals surface area contributed by atoms with Gasteiger partial charge in [-0.25, -0.2) is 0 Å². The zero-order valence-electron chi connectivity index (χ0n) is 9.14. The van der Waals surface area contributed by atoms with Crippen LogP contribution in [0.2, 0.25) is 0 Å². The molecule has 1 aromatic carbocycles. The number of rotatable bonds is 3. The molecule has 0 amide bonds. The van der Waals surface area contributed by atoms with Gasteiger partial charge in [0.1, 0.15) is 11.5 Å². The lowest BCUT2D eigenvalue weighted by Crippen LogP contribution is -2.17. The monoisotopic (exact) mass is 310 g/mol. The van der Waals surface area contributed by atoms with Crippen LogP contribution in [0.1, 0.15) is 22.9 Å². The molecule has 1 unspecified atom stereocenters. The highest BCUT2D eigenvalue weighted by Crippen LogP contribution is 2.31. The van der Waals surface area contributed by atoms with Crippen molar-refractivity contribution in [1.82, 2.24) is 0 Å². The number of halogens is 4. The van der Waals surface area contributed by atoms with E-state index >= 15 is 0 Å². The Morgan fingerprint density at radius 1 is 1.41 bits per heavy atom. The van der Waals surface area contributed by atoms with Crippen LogP contribution in [0.25, 0.3) is 0 Å². The van der Waals surface area contributed by atoms with E-state index in [4.69, 9.17) is 0 Å². The van der Waals surface area contributed by atoms with Crippen molar-refractivity contribution in [2.45, 2.75) is 25.0 Å². The number of hydrogen-bond acceptors (Lipinski definition) is 2. The van der Waals surface area contributed by atoms with Crippen LogP contribution >= 0.6 is 15.9 Å². The molecule has 0 radical (unpaired) electrons. The lowest BCUT2D eigenvalue weighted by molar-refractivity contribution is -0.274. The minimum Gasteiger partial charge on any atom is -0.406 e. The van der Waals surface area contributed by atoms with Gasteiger partial charge in [0.2, 0.25) is 0 Å². The molecule has 0 N–H and O–H groups in total. The van der Waals surface area contributed by atoms with Crippen molar-refractivity contribution in [1.29, 1.82) is 0 Å². The van der Waals surface area contributed by atoms with Gasteiger partial charge >= 0.3 is 6.36 Å². The fourth-order valence-electron chi connectivity index (χ4n) is 1.31. The number of ketones is 1. The van der Waals surface area contributed by atoms with Gasteiger partial charge in [-0.3, -0.25) is 4.79 Å². The van der Waals surface area contributed by atoms with Crippen LogP contribution in [0.5, 0.6) is 5.75 Å². The summed E-state index contributed by atoms with van der Waals surface area (Å²) in [5, 5.41) is 0. The molecule has 1 aromatic rings. The van der Waals surface area contributed by atoms with Gasteiger partial charge in [-0.1, -0.05) is 22.0 Å². The van der Waals surface area contributed by atoms with E-state index in [0.717, 1.165) is 5.56 Å². The second-order valence-electron chi connectivity index (χ2n) is 3.54. The summed E-state index contributed by atoms with van der Waals surface area (Å²) >= 11 is 3.13. The standard InChI is InChI=1S/C11H10BrF3O2/c1-6-3-4-8(17-11(13,14)15)5-9(6)10(12)7(2)16/h3-5,10H,1-2H3. The summed E-state index contributed by atoms with van der Waals surface area (Å²) in [4.78, 5) is 10.6. The van der Waals surface area contributed by atoms with Crippen molar-refractivity contribution in [2.75, 3.05) is 0 Å². The lowest BCUT2D eigenvalue weighted by Gasteiger charge is -2.14. The first kappa shape index (κ1) is 14.0. The Hall–Kier alpha value is -1.04. The van der Waals surface area contributed by atoms with Crippen LogP contribution in [0.3, 0.4) is 0 Å². The molecule has 0 aromatic heterocycles. The second-order valence-corrected chi connectivity index (χ2v) is 4.46. The average Bonchev–Trinajstić information content (AvgIpc) is 2.17. The van der Waals surface area contributed by atoms with E-state index in [1.165, 1.54) is 25.1 Å². The zero-order chi connectivity index (χ0) is 13.2. The molecular weight excluding hydrogens is 301 g/mol. The summed E-state index contributed by atoms with van der Waals surface area (Å²) < 4.78 is 39.9. The molecule has 0 saturated carbocycles. The Morgan fingerprint density at radius 2 is 2.00 bits per heavy atom. The Kier molecular flexibility index (Phi) is 4.19. The maximum atomic E-state index is 12.0. The SMILES string of the molecule is CC(=O)C(Br)c1cc(OC(F)(F)F)ccc1C. The molecule has 0 aliphatic carbocycles. The average molecular weight is 311 g/mol. The maximum absolute atomic E-state index is 12.0. The Bertz CT molecular complexity index is 429. The summed E-state index contributed by atoms with van der Waals surface area (Å²) in [6.45, 7) is 3.07. The number of ether oxygens (including phenoxy) is 1. The minimum absolute atomic E-state index is 0.183. The van der Waals surface area contributed by atoms with Gasteiger partial charge < -0.3 is 4.74 Å². The first-order chi connectivity index (χ1) is 7.70. The van der Waals surface area contributed by atoms with Crippen molar-refractivity contribution in [3.05, 3.63) is 29.3 Å². The molecule has 0 saturated heterocycles. The highest BCUT2D eigenvalue weighted by atomic mass is 79.9. The Balaban J connectivity index is 3.06. The van der Waals surface area contributed by atoms with Crippen molar-refractivity contribution in [2.24, 2.45) is 0 Å². The Labute approximate surface area is 105 Å². The molecule has 2 nitrogen and oxygen atoms in total. The van der Waals surface area contributed by atoms with Crippen LogP contribution in [0.15, 0.2) is 18.2 Å². The smallest absolute Gasteiger partial charge is 0.406 e. The molecule has 0 heterocycles. The van der Waals surface area contributed by atoms with E-state index in [1.54, 1.807) is 6.92 Å². The molecule has 1 atom stereocenters. The topological polar surface area (TPSA) is 26.3 Å². The fraction of sp³-hybridized carbons (Fsp3) is 0.364. The van der Waals surface area contributed by atoms with Gasteiger partial charge in [-0.05, 0) is 37.1 Å². The molecule has 0 fully saturated rings. The van der Waals surface area contributed by atoms with Gasteiger partial charge in [0.25, 0.3) is 0 Å². The van der Waals surface area contributed by atoms with Crippen LogP contribution in [-0.4, -0.2) is 12.1 Å². The fourth-order valence-corrected chi connectivity index (χ4v) is 1.80. The number of aryl methyl sites for hydroxylation is 1. The number of alkyl halides is 4. The molecule has 6 heteroatoms. The lowest BCUT2D eigenvalue weighted by atomic mass is 10.0. The molecule has 0 aliphatic heterocycles. The third-order valence-corrected chi connectivity index (χ3v) is 3.25. The third kappa shape index (κ3) is 4.03. The highest BCUT2D eigenvalue weighted by Gasteiger charge is 2.31. The van der Waals surface area contributed by atoms with Gasteiger partial charge in [0.05, 0.1) is 4.83 Å². The van der Waals surface area contributed by atoms with E-state index in [0.29, 0.717) is 5.56 Å². The van der Waals surface area contributed by atoms with Crippen LogP contribution in [-0.2, 0) is 4.79 Å². The van der Waals surface area contributed by atoms with Crippen molar-refractivity contribution in [3.8, 4) is 5.75 Å². The second kappa shape index (κ2) is 5.08. The number of carbonyl (C=O) groups excluding carboxylic acids is 1. The molecule has 17 heavy (non-hydrogen) atoms.